The number of carbonyl (C=O) groups is 2. The minimum Gasteiger partial charge on any atom is -0.387 e. The summed E-state index contributed by atoms with van der Waals surface area (Å²) >= 11 is 6.04. The van der Waals surface area contributed by atoms with Crippen molar-refractivity contribution in [3.63, 3.8) is 0 Å². The van der Waals surface area contributed by atoms with Gasteiger partial charge in [0.2, 0.25) is 0 Å². The van der Waals surface area contributed by atoms with Crippen LogP contribution in [0.1, 0.15) is 49.2 Å². The van der Waals surface area contributed by atoms with E-state index in [-0.39, 0.29) is 30.5 Å². The van der Waals surface area contributed by atoms with Crippen LogP contribution >= 0.6 is 11.6 Å². The molecule has 1 atom stereocenters. The maximum absolute atomic E-state index is 13.1. The Balaban J connectivity index is 1.23. The number of aromatic amines is 2. The fourth-order valence-corrected chi connectivity index (χ4v) is 5.13. The summed E-state index contributed by atoms with van der Waals surface area (Å²) in [5, 5.41) is 14.3. The van der Waals surface area contributed by atoms with E-state index in [4.69, 9.17) is 11.6 Å². The van der Waals surface area contributed by atoms with Gasteiger partial charge in [-0.25, -0.2) is 4.98 Å². The van der Waals surface area contributed by atoms with Crippen LogP contribution in [-0.4, -0.2) is 55.6 Å². The van der Waals surface area contributed by atoms with E-state index in [1.54, 1.807) is 55.0 Å². The highest BCUT2D eigenvalue weighted by atomic mass is 35.5. The molecule has 0 bridgehead atoms. The summed E-state index contributed by atoms with van der Waals surface area (Å²) in [7, 11) is 0. The molecule has 4 N–H and O–H groups in total. The van der Waals surface area contributed by atoms with Crippen LogP contribution in [0.2, 0.25) is 5.02 Å². The van der Waals surface area contributed by atoms with Gasteiger partial charge in [0.05, 0.1) is 46.2 Å². The zero-order valence-electron chi connectivity index (χ0n) is 20.6. The number of amides is 2. The Hall–Kier alpha value is -4.54. The number of nitrogens with zero attached hydrogens (tertiary/aromatic N) is 3. The summed E-state index contributed by atoms with van der Waals surface area (Å²) < 4.78 is 0. The Morgan fingerprint density at radius 3 is 2.67 bits per heavy atom. The van der Waals surface area contributed by atoms with Gasteiger partial charge in [0.15, 0.2) is 0 Å². The highest BCUT2D eigenvalue weighted by molar-refractivity contribution is 6.30. The third-order valence-corrected chi connectivity index (χ3v) is 7.15. The second kappa shape index (κ2) is 9.97. The normalized spacial score (nSPS) is 14.8. The number of hydrogen-bond acceptors (Lipinski definition) is 7. The molecular weight excluding hydrogens is 520 g/mol. The average Bonchev–Trinajstić information content (AvgIpc) is 3.64. The summed E-state index contributed by atoms with van der Waals surface area (Å²) in [6.07, 6.45) is 4.68. The Bertz CT molecular complexity index is 1690. The van der Waals surface area contributed by atoms with Gasteiger partial charge in [0, 0.05) is 49.0 Å². The number of aromatic nitrogens is 3. The molecule has 0 fully saturated rings. The average molecular weight is 543 g/mol. The van der Waals surface area contributed by atoms with Gasteiger partial charge in [-0.15, -0.1) is 0 Å². The lowest BCUT2D eigenvalue weighted by molar-refractivity contribution is 0.0655. The number of benzene rings is 2. The summed E-state index contributed by atoms with van der Waals surface area (Å²) in [6.45, 7) is 0.381. The molecule has 0 spiro atoms. The van der Waals surface area contributed by atoms with Crippen molar-refractivity contribution in [2.75, 3.05) is 18.4 Å². The molecule has 2 aliphatic rings. The number of nitrogens with one attached hydrogen (secondary N) is 3. The zero-order valence-corrected chi connectivity index (χ0v) is 21.3. The molecule has 0 unspecified atom stereocenters. The van der Waals surface area contributed by atoms with Crippen molar-refractivity contribution in [2.24, 2.45) is 4.99 Å². The van der Waals surface area contributed by atoms with Crippen LogP contribution in [0.25, 0.3) is 0 Å². The second-order valence-corrected chi connectivity index (χ2v) is 9.83. The molecule has 4 heterocycles. The maximum atomic E-state index is 13.1. The largest absolute Gasteiger partial charge is 0.387 e. The Labute approximate surface area is 227 Å². The van der Waals surface area contributed by atoms with E-state index in [1.165, 1.54) is 11.1 Å². The number of halogens is 1. The second-order valence-electron chi connectivity index (χ2n) is 9.40. The van der Waals surface area contributed by atoms with E-state index in [0.717, 1.165) is 11.3 Å². The Morgan fingerprint density at radius 1 is 1.08 bits per heavy atom. The molecule has 4 aromatic rings. The molecule has 6 rings (SSSR count). The predicted molar refractivity (Wildman–Crippen MR) is 146 cm³/mol. The van der Waals surface area contributed by atoms with Crippen LogP contribution in [0, 0.1) is 0 Å². The molecule has 196 valence electrons. The van der Waals surface area contributed by atoms with Gasteiger partial charge in [0.25, 0.3) is 17.4 Å². The zero-order chi connectivity index (χ0) is 27.1. The standard InChI is InChI=1S/C28H23ClN6O4/c29-17-3-1-2-15(8-17)24(36)13-32-21-4-6-31-26(37)25(21)23-10-16-9-19-20(11-22(16)34-23)28(39)35(27(19)38)7-5-18-12-30-14-33-18/h1-4,6,8-9,11-12,14,24,36H,5,7,10,13H2,(H,30,33)(H2,31,32,37)/t24-/m1/s1. The fourth-order valence-electron chi connectivity index (χ4n) is 4.93. The third-order valence-electron chi connectivity index (χ3n) is 6.91. The van der Waals surface area contributed by atoms with Crippen molar-refractivity contribution in [3.8, 4) is 0 Å². The topological polar surface area (TPSA) is 144 Å². The number of hydrogen-bond donors (Lipinski definition) is 4. The van der Waals surface area contributed by atoms with Gasteiger partial charge >= 0.3 is 0 Å². The maximum Gasteiger partial charge on any atom is 0.261 e. The van der Waals surface area contributed by atoms with Gasteiger partial charge < -0.3 is 20.4 Å². The molecular formula is C28H23ClN6O4. The number of H-pyrrole nitrogens is 2. The van der Waals surface area contributed by atoms with Gasteiger partial charge in [-0.3, -0.25) is 24.3 Å². The van der Waals surface area contributed by atoms with E-state index in [2.05, 4.69) is 25.3 Å². The number of aliphatic hydroxyl groups excluding tert-OH is 1. The molecule has 39 heavy (non-hydrogen) atoms. The lowest BCUT2D eigenvalue weighted by atomic mass is 10.00. The predicted octanol–water partition coefficient (Wildman–Crippen LogP) is 3.41. The number of aliphatic hydroxyl groups is 1. The van der Waals surface area contributed by atoms with Crippen molar-refractivity contribution in [1.29, 1.82) is 0 Å². The number of fused-ring (bicyclic) bond motifs is 2. The van der Waals surface area contributed by atoms with Crippen LogP contribution in [0.3, 0.4) is 0 Å². The molecule has 2 aromatic heterocycles. The number of imide groups is 1. The Morgan fingerprint density at radius 2 is 1.90 bits per heavy atom. The van der Waals surface area contributed by atoms with Crippen molar-refractivity contribution >= 4 is 40.5 Å². The van der Waals surface area contributed by atoms with Crippen LogP contribution in [0.4, 0.5) is 11.4 Å². The first kappa shape index (κ1) is 24.8. The third kappa shape index (κ3) is 4.64. The quantitative estimate of drug-likeness (QED) is 0.251. The van der Waals surface area contributed by atoms with Crippen LogP contribution in [-0.2, 0) is 12.8 Å². The van der Waals surface area contributed by atoms with E-state index in [0.29, 0.717) is 57.2 Å². The fraction of sp³-hybridized carbons (Fsp3) is 0.179. The summed E-state index contributed by atoms with van der Waals surface area (Å²) in [5.74, 6) is -0.712. The van der Waals surface area contributed by atoms with E-state index >= 15 is 0 Å². The van der Waals surface area contributed by atoms with E-state index in [9.17, 15) is 19.5 Å². The lowest BCUT2D eigenvalue weighted by Gasteiger charge is -2.15. The minimum atomic E-state index is -0.852. The highest BCUT2D eigenvalue weighted by Gasteiger charge is 2.37. The number of rotatable bonds is 8. The SMILES string of the molecule is O=C1c2cc3c(cc2C(=O)N1CCc1cnc[nH]1)N=C(c1c(NC[C@@H](O)c2cccc(Cl)c2)cc[nH]c1=O)C3. The van der Waals surface area contributed by atoms with Gasteiger partial charge in [0.1, 0.15) is 0 Å². The monoisotopic (exact) mass is 542 g/mol. The number of carbonyl (C=O) groups excluding carboxylic acids is 2. The molecule has 2 aliphatic heterocycles. The molecule has 0 radical (unpaired) electrons. The van der Waals surface area contributed by atoms with Crippen LogP contribution < -0.4 is 10.9 Å². The molecule has 10 nitrogen and oxygen atoms in total. The summed E-state index contributed by atoms with van der Waals surface area (Å²) in [5.41, 5.74) is 4.45. The first-order valence-electron chi connectivity index (χ1n) is 12.4. The molecule has 11 heteroatoms. The van der Waals surface area contributed by atoms with Gasteiger partial charge in [-0.1, -0.05) is 23.7 Å². The van der Waals surface area contributed by atoms with E-state index in [1.807, 2.05) is 0 Å². The number of imidazole rings is 1. The summed E-state index contributed by atoms with van der Waals surface area (Å²) in [4.78, 5) is 54.5. The van der Waals surface area contributed by atoms with Crippen molar-refractivity contribution in [1.82, 2.24) is 19.9 Å². The van der Waals surface area contributed by atoms with Gasteiger partial charge in [-0.2, -0.15) is 0 Å². The summed E-state index contributed by atoms with van der Waals surface area (Å²) in [6, 6.07) is 12.0. The molecule has 0 saturated heterocycles. The molecule has 2 aromatic carbocycles. The van der Waals surface area contributed by atoms with Gasteiger partial charge in [-0.05, 0) is 41.5 Å². The number of aliphatic imine (C=N–C) groups is 1. The van der Waals surface area contributed by atoms with Crippen LogP contribution in [0.15, 0.2) is 71.0 Å². The Kier molecular flexibility index (Phi) is 6.34. The smallest absolute Gasteiger partial charge is 0.261 e. The molecule has 2 amide bonds. The lowest BCUT2D eigenvalue weighted by Crippen LogP contribution is -2.31. The molecule has 0 saturated carbocycles. The number of anilines is 1. The van der Waals surface area contributed by atoms with Crippen molar-refractivity contribution < 1.29 is 14.7 Å². The number of pyridine rings is 1. The van der Waals surface area contributed by atoms with Crippen molar-refractivity contribution in [2.45, 2.75) is 18.9 Å². The van der Waals surface area contributed by atoms with Crippen LogP contribution in [0.5, 0.6) is 0 Å². The first-order valence-corrected chi connectivity index (χ1v) is 12.7. The molecule has 0 aliphatic carbocycles. The highest BCUT2D eigenvalue weighted by Crippen LogP contribution is 2.36. The van der Waals surface area contributed by atoms with Crippen molar-refractivity contribution in [3.05, 3.63) is 110 Å². The minimum absolute atomic E-state index is 0.142. The van der Waals surface area contributed by atoms with E-state index < -0.39 is 6.10 Å². The first-order chi connectivity index (χ1) is 18.9.